The third kappa shape index (κ3) is 4.52. The SMILES string of the molecule is O=C1CC(Cc2ccc(NC(=O)c3ccc(C(F)(F)F)cc3)cc2)C(=O)N1. The Labute approximate surface area is 152 Å². The fraction of sp³-hybridized carbons (Fsp3) is 0.211. The van der Waals surface area contributed by atoms with Crippen LogP contribution in [0.3, 0.4) is 0 Å². The van der Waals surface area contributed by atoms with E-state index in [0.717, 1.165) is 29.8 Å². The molecule has 140 valence electrons. The van der Waals surface area contributed by atoms with Crippen molar-refractivity contribution >= 4 is 23.4 Å². The van der Waals surface area contributed by atoms with Gasteiger partial charge in [-0.1, -0.05) is 12.1 Å². The number of anilines is 1. The number of imide groups is 1. The summed E-state index contributed by atoms with van der Waals surface area (Å²) in [4.78, 5) is 34.9. The van der Waals surface area contributed by atoms with Gasteiger partial charge in [-0.05, 0) is 48.4 Å². The minimum atomic E-state index is -4.45. The Morgan fingerprint density at radius 2 is 1.67 bits per heavy atom. The largest absolute Gasteiger partial charge is 0.416 e. The molecule has 0 radical (unpaired) electrons. The van der Waals surface area contributed by atoms with Crippen LogP contribution in [0.15, 0.2) is 48.5 Å². The molecule has 2 aromatic rings. The molecular formula is C19H15F3N2O3. The predicted molar refractivity (Wildman–Crippen MR) is 90.8 cm³/mol. The molecule has 1 unspecified atom stereocenters. The molecule has 1 aliphatic heterocycles. The fourth-order valence-electron chi connectivity index (χ4n) is 2.79. The van der Waals surface area contributed by atoms with Crippen molar-refractivity contribution in [1.29, 1.82) is 0 Å². The Morgan fingerprint density at radius 1 is 1.04 bits per heavy atom. The average molecular weight is 376 g/mol. The van der Waals surface area contributed by atoms with E-state index in [1.165, 1.54) is 0 Å². The Hall–Kier alpha value is -3.16. The summed E-state index contributed by atoms with van der Waals surface area (Å²) in [5.41, 5.74) is 0.582. The topological polar surface area (TPSA) is 75.3 Å². The third-order valence-electron chi connectivity index (χ3n) is 4.23. The van der Waals surface area contributed by atoms with Crippen molar-refractivity contribution < 1.29 is 27.6 Å². The number of benzene rings is 2. The van der Waals surface area contributed by atoms with Gasteiger partial charge >= 0.3 is 6.18 Å². The second kappa shape index (κ2) is 7.22. The quantitative estimate of drug-likeness (QED) is 0.805. The summed E-state index contributed by atoms with van der Waals surface area (Å²) in [7, 11) is 0. The first-order chi connectivity index (χ1) is 12.7. The molecule has 0 bridgehead atoms. The highest BCUT2D eigenvalue weighted by Gasteiger charge is 2.31. The van der Waals surface area contributed by atoms with E-state index in [2.05, 4.69) is 10.6 Å². The molecule has 8 heteroatoms. The fourth-order valence-corrected chi connectivity index (χ4v) is 2.79. The van der Waals surface area contributed by atoms with Crippen molar-refractivity contribution in [3.05, 3.63) is 65.2 Å². The number of amides is 3. The van der Waals surface area contributed by atoms with E-state index in [1.807, 2.05) is 0 Å². The van der Waals surface area contributed by atoms with E-state index in [9.17, 15) is 27.6 Å². The van der Waals surface area contributed by atoms with E-state index in [0.29, 0.717) is 12.1 Å². The van der Waals surface area contributed by atoms with Gasteiger partial charge in [-0.25, -0.2) is 0 Å². The van der Waals surface area contributed by atoms with Crippen molar-refractivity contribution in [3.63, 3.8) is 0 Å². The second-order valence-corrected chi connectivity index (χ2v) is 6.24. The van der Waals surface area contributed by atoms with Gasteiger partial charge in [-0.3, -0.25) is 19.7 Å². The van der Waals surface area contributed by atoms with Crippen LogP contribution in [-0.4, -0.2) is 17.7 Å². The van der Waals surface area contributed by atoms with Gasteiger partial charge in [0, 0.05) is 17.7 Å². The number of rotatable bonds is 4. The van der Waals surface area contributed by atoms with E-state index >= 15 is 0 Å². The molecule has 3 amide bonds. The molecule has 0 aliphatic carbocycles. The zero-order chi connectivity index (χ0) is 19.6. The Morgan fingerprint density at radius 3 is 2.19 bits per heavy atom. The van der Waals surface area contributed by atoms with Crippen molar-refractivity contribution in [3.8, 4) is 0 Å². The molecule has 1 heterocycles. The lowest BCUT2D eigenvalue weighted by molar-refractivity contribution is -0.137. The number of carbonyl (C=O) groups is 3. The maximum absolute atomic E-state index is 12.6. The van der Waals surface area contributed by atoms with Crippen LogP contribution in [0.5, 0.6) is 0 Å². The average Bonchev–Trinajstić information content (AvgIpc) is 2.93. The first-order valence-corrected chi connectivity index (χ1v) is 8.13. The molecule has 2 aromatic carbocycles. The van der Waals surface area contributed by atoms with Gasteiger partial charge in [0.1, 0.15) is 0 Å². The van der Waals surface area contributed by atoms with E-state index in [4.69, 9.17) is 0 Å². The molecule has 3 rings (SSSR count). The highest BCUT2D eigenvalue weighted by molar-refractivity contribution is 6.04. The van der Waals surface area contributed by atoms with Gasteiger partial charge < -0.3 is 5.32 Å². The standard InChI is InChI=1S/C19H15F3N2O3/c20-19(21,22)14-5-3-12(4-6-14)17(26)23-15-7-1-11(2-8-15)9-13-10-16(25)24-18(13)27/h1-8,13H,9-10H2,(H,23,26)(H,24,25,27). The lowest BCUT2D eigenvalue weighted by atomic mass is 9.98. The number of halogens is 3. The Bertz CT molecular complexity index is 875. The van der Waals surface area contributed by atoms with E-state index < -0.39 is 23.6 Å². The molecule has 2 N–H and O–H groups in total. The van der Waals surface area contributed by atoms with Gasteiger partial charge in [-0.15, -0.1) is 0 Å². The van der Waals surface area contributed by atoms with Crippen LogP contribution in [0, 0.1) is 5.92 Å². The number of hydrogen-bond donors (Lipinski definition) is 2. The highest BCUT2D eigenvalue weighted by Crippen LogP contribution is 2.29. The van der Waals surface area contributed by atoms with Gasteiger partial charge in [0.25, 0.3) is 5.91 Å². The Balaban J connectivity index is 1.61. The number of hydrogen-bond acceptors (Lipinski definition) is 3. The molecule has 1 aliphatic rings. The molecular weight excluding hydrogens is 361 g/mol. The lowest BCUT2D eigenvalue weighted by Crippen LogP contribution is -2.22. The van der Waals surface area contributed by atoms with Crippen LogP contribution >= 0.6 is 0 Å². The maximum atomic E-state index is 12.6. The molecule has 1 fully saturated rings. The lowest BCUT2D eigenvalue weighted by Gasteiger charge is -2.10. The van der Waals surface area contributed by atoms with Crippen molar-refractivity contribution in [2.75, 3.05) is 5.32 Å². The Kier molecular flexibility index (Phi) is 4.98. The van der Waals surface area contributed by atoms with Crippen LogP contribution in [0.1, 0.15) is 27.9 Å². The van der Waals surface area contributed by atoms with Gasteiger partial charge in [-0.2, -0.15) is 13.2 Å². The summed E-state index contributed by atoms with van der Waals surface area (Å²) in [6.45, 7) is 0. The molecule has 0 aromatic heterocycles. The van der Waals surface area contributed by atoms with Crippen LogP contribution in [0.2, 0.25) is 0 Å². The summed E-state index contributed by atoms with van der Waals surface area (Å²) in [5, 5.41) is 4.85. The van der Waals surface area contributed by atoms with Gasteiger partial charge in [0.2, 0.25) is 11.8 Å². The smallest absolute Gasteiger partial charge is 0.322 e. The zero-order valence-corrected chi connectivity index (χ0v) is 14.0. The first-order valence-electron chi connectivity index (χ1n) is 8.13. The van der Waals surface area contributed by atoms with Gasteiger partial charge in [0.15, 0.2) is 0 Å². The predicted octanol–water partition coefficient (Wildman–Crippen LogP) is 3.16. The normalized spacial score (nSPS) is 16.9. The van der Waals surface area contributed by atoms with Crippen LogP contribution in [0.4, 0.5) is 18.9 Å². The molecule has 1 atom stereocenters. The summed E-state index contributed by atoms with van der Waals surface area (Å²) < 4.78 is 37.7. The molecule has 1 saturated heterocycles. The zero-order valence-electron chi connectivity index (χ0n) is 14.0. The van der Waals surface area contributed by atoms with Crippen molar-refractivity contribution in [2.45, 2.75) is 19.0 Å². The third-order valence-corrected chi connectivity index (χ3v) is 4.23. The molecule has 0 spiro atoms. The maximum Gasteiger partial charge on any atom is 0.416 e. The van der Waals surface area contributed by atoms with Crippen molar-refractivity contribution in [1.82, 2.24) is 5.32 Å². The minimum absolute atomic E-state index is 0.105. The first kappa shape index (κ1) is 18.6. The molecule has 0 saturated carbocycles. The summed E-state index contributed by atoms with van der Waals surface area (Å²) in [6, 6.07) is 10.6. The van der Waals surface area contributed by atoms with E-state index in [1.54, 1.807) is 24.3 Å². The van der Waals surface area contributed by atoms with Crippen LogP contribution in [0.25, 0.3) is 0 Å². The van der Waals surface area contributed by atoms with Gasteiger partial charge in [0.05, 0.1) is 11.5 Å². The summed E-state index contributed by atoms with van der Waals surface area (Å²) >= 11 is 0. The number of alkyl halides is 3. The number of carbonyl (C=O) groups excluding carboxylic acids is 3. The molecule has 27 heavy (non-hydrogen) atoms. The number of nitrogens with one attached hydrogen (secondary N) is 2. The van der Waals surface area contributed by atoms with E-state index in [-0.39, 0.29) is 23.8 Å². The van der Waals surface area contributed by atoms with Crippen LogP contribution in [-0.2, 0) is 22.2 Å². The molecule has 5 nitrogen and oxygen atoms in total. The van der Waals surface area contributed by atoms with Crippen LogP contribution < -0.4 is 10.6 Å². The summed E-state index contributed by atoms with van der Waals surface area (Å²) in [5.74, 6) is -1.51. The summed E-state index contributed by atoms with van der Waals surface area (Å²) in [6.07, 6.45) is -3.89. The van der Waals surface area contributed by atoms with Crippen molar-refractivity contribution in [2.24, 2.45) is 5.92 Å². The second-order valence-electron chi connectivity index (χ2n) is 6.24. The minimum Gasteiger partial charge on any atom is -0.322 e. The highest BCUT2D eigenvalue weighted by atomic mass is 19.4. The monoisotopic (exact) mass is 376 g/mol.